The Morgan fingerprint density at radius 1 is 1.15 bits per heavy atom. The Kier molecular flexibility index (Phi) is 7.25. The van der Waals surface area contributed by atoms with Crippen molar-refractivity contribution in [3.63, 3.8) is 0 Å². The first kappa shape index (κ1) is 20.5. The molecule has 0 aliphatic heterocycles. The van der Waals surface area contributed by atoms with Crippen LogP contribution in [0.1, 0.15) is 24.0 Å². The molecule has 0 bridgehead atoms. The third-order valence-corrected chi connectivity index (χ3v) is 4.73. The third-order valence-electron chi connectivity index (χ3n) is 4.73. The lowest BCUT2D eigenvalue weighted by atomic mass is 9.96. The second-order valence-electron chi connectivity index (χ2n) is 6.39. The Morgan fingerprint density at radius 2 is 1.88 bits per heavy atom. The molecule has 1 aliphatic carbocycles. The van der Waals surface area contributed by atoms with Crippen molar-refractivity contribution in [3.05, 3.63) is 65.5 Å². The molecule has 1 aliphatic rings. The Hall–Kier alpha value is -1.83. The van der Waals surface area contributed by atoms with Gasteiger partial charge >= 0.3 is 0 Å². The molecule has 0 radical (unpaired) electrons. The lowest BCUT2D eigenvalue weighted by Gasteiger charge is -2.19. The summed E-state index contributed by atoms with van der Waals surface area (Å²) in [6.07, 6.45) is 2.37. The second-order valence-corrected chi connectivity index (χ2v) is 6.39. The second kappa shape index (κ2) is 9.21. The van der Waals surface area contributed by atoms with Crippen LogP contribution in [0.15, 0.2) is 53.5 Å². The van der Waals surface area contributed by atoms with Crippen LogP contribution in [-0.2, 0) is 12.0 Å². The van der Waals surface area contributed by atoms with Crippen molar-refractivity contribution in [1.82, 2.24) is 10.6 Å². The molecule has 0 atom stereocenters. The smallest absolute Gasteiger partial charge is 0.191 e. The van der Waals surface area contributed by atoms with Crippen molar-refractivity contribution in [2.24, 2.45) is 4.99 Å². The van der Waals surface area contributed by atoms with E-state index in [1.54, 1.807) is 13.1 Å². The summed E-state index contributed by atoms with van der Waals surface area (Å²) in [4.78, 5) is 4.26. The van der Waals surface area contributed by atoms with Gasteiger partial charge in [0.1, 0.15) is 0 Å². The van der Waals surface area contributed by atoms with Crippen molar-refractivity contribution >= 4 is 29.9 Å². The van der Waals surface area contributed by atoms with Gasteiger partial charge in [0.2, 0.25) is 0 Å². The number of ether oxygens (including phenoxy) is 1. The molecule has 2 aromatic rings. The van der Waals surface area contributed by atoms with Crippen LogP contribution in [0, 0.1) is 5.82 Å². The molecule has 0 spiro atoms. The number of rotatable bonds is 6. The van der Waals surface area contributed by atoms with E-state index in [1.807, 2.05) is 12.1 Å². The summed E-state index contributed by atoms with van der Waals surface area (Å²) in [5.41, 5.74) is 2.42. The third kappa shape index (κ3) is 4.87. The van der Waals surface area contributed by atoms with Crippen molar-refractivity contribution in [2.75, 3.05) is 20.7 Å². The average Bonchev–Trinajstić information content (AvgIpc) is 3.44. The van der Waals surface area contributed by atoms with Crippen molar-refractivity contribution in [2.45, 2.75) is 24.8 Å². The van der Waals surface area contributed by atoms with E-state index in [4.69, 9.17) is 4.74 Å². The van der Waals surface area contributed by atoms with Gasteiger partial charge in [-0.1, -0.05) is 36.4 Å². The lowest BCUT2D eigenvalue weighted by Crippen LogP contribution is -2.40. The number of hydrogen-bond acceptors (Lipinski definition) is 2. The number of hydrogen-bond donors (Lipinski definition) is 2. The van der Waals surface area contributed by atoms with Gasteiger partial charge in [0.05, 0.1) is 7.11 Å². The summed E-state index contributed by atoms with van der Waals surface area (Å²) < 4.78 is 18.7. The van der Waals surface area contributed by atoms with Gasteiger partial charge in [0, 0.05) is 25.6 Å². The normalized spacial score (nSPS) is 15.0. The van der Waals surface area contributed by atoms with E-state index in [0.29, 0.717) is 6.54 Å². The topological polar surface area (TPSA) is 45.7 Å². The number of methoxy groups -OCH3 is 1. The molecule has 140 valence electrons. The molecule has 0 aromatic heterocycles. The highest BCUT2D eigenvalue weighted by atomic mass is 127. The molecule has 1 fully saturated rings. The average molecular weight is 469 g/mol. The van der Waals surface area contributed by atoms with Gasteiger partial charge in [0.25, 0.3) is 0 Å². The van der Waals surface area contributed by atoms with E-state index in [0.717, 1.165) is 18.1 Å². The fourth-order valence-corrected chi connectivity index (χ4v) is 2.99. The van der Waals surface area contributed by atoms with Crippen LogP contribution in [0.25, 0.3) is 0 Å². The Labute approximate surface area is 171 Å². The maximum atomic E-state index is 13.8. The minimum Gasteiger partial charge on any atom is -0.494 e. The van der Waals surface area contributed by atoms with E-state index in [9.17, 15) is 4.39 Å². The van der Waals surface area contributed by atoms with Crippen molar-refractivity contribution in [3.8, 4) is 5.75 Å². The molecule has 0 heterocycles. The quantitative estimate of drug-likeness (QED) is 0.384. The Morgan fingerprint density at radius 3 is 2.46 bits per heavy atom. The molecule has 2 N–H and O–H groups in total. The summed E-state index contributed by atoms with van der Waals surface area (Å²) in [6, 6.07) is 15.5. The Balaban J connectivity index is 0.00000243. The fourth-order valence-electron chi connectivity index (χ4n) is 2.99. The first-order valence-electron chi connectivity index (χ1n) is 8.49. The van der Waals surface area contributed by atoms with Gasteiger partial charge in [-0.3, -0.25) is 4.99 Å². The van der Waals surface area contributed by atoms with Crippen LogP contribution in [0.4, 0.5) is 4.39 Å². The lowest BCUT2D eigenvalue weighted by molar-refractivity contribution is 0.386. The maximum Gasteiger partial charge on any atom is 0.191 e. The molecule has 6 heteroatoms. The Bertz CT molecular complexity index is 748. The van der Waals surface area contributed by atoms with Gasteiger partial charge in [-0.25, -0.2) is 4.39 Å². The summed E-state index contributed by atoms with van der Waals surface area (Å²) in [7, 11) is 3.20. The first-order chi connectivity index (χ1) is 12.2. The standard InChI is InChI=1S/C20H24FN3O.HI/c1-22-19(23-13-15-8-9-18(25-2)17(21)12-15)24-14-20(10-11-20)16-6-4-3-5-7-16;/h3-9,12H,10-11,13-14H2,1-2H3,(H2,22,23,24);1H. The van der Waals surface area contributed by atoms with Gasteiger partial charge in [-0.05, 0) is 36.1 Å². The van der Waals surface area contributed by atoms with E-state index in [2.05, 4.69) is 39.9 Å². The summed E-state index contributed by atoms with van der Waals surface area (Å²) in [5, 5.41) is 6.63. The maximum absolute atomic E-state index is 13.8. The highest BCUT2D eigenvalue weighted by Gasteiger charge is 2.43. The summed E-state index contributed by atoms with van der Waals surface area (Å²) >= 11 is 0. The predicted molar refractivity (Wildman–Crippen MR) is 114 cm³/mol. The number of halogens is 2. The molecule has 1 saturated carbocycles. The zero-order valence-corrected chi connectivity index (χ0v) is 17.4. The monoisotopic (exact) mass is 469 g/mol. The SMILES string of the molecule is CN=C(NCc1ccc(OC)c(F)c1)NCC1(c2ccccc2)CC1.I. The summed E-state index contributed by atoms with van der Waals surface area (Å²) in [5.74, 6) is 0.619. The van der Waals surface area contributed by atoms with Crippen LogP contribution in [0.2, 0.25) is 0 Å². The summed E-state index contributed by atoms with van der Waals surface area (Å²) in [6.45, 7) is 1.34. The minimum absolute atomic E-state index is 0. The molecule has 2 aromatic carbocycles. The van der Waals surface area contributed by atoms with Crippen LogP contribution in [-0.4, -0.2) is 26.7 Å². The van der Waals surface area contributed by atoms with Gasteiger partial charge in [0.15, 0.2) is 17.5 Å². The van der Waals surface area contributed by atoms with Gasteiger partial charge in [-0.15, -0.1) is 24.0 Å². The first-order valence-corrected chi connectivity index (χ1v) is 8.49. The van der Waals surface area contributed by atoms with Crippen LogP contribution >= 0.6 is 24.0 Å². The van der Waals surface area contributed by atoms with Crippen molar-refractivity contribution in [1.29, 1.82) is 0 Å². The van der Waals surface area contributed by atoms with Gasteiger partial charge < -0.3 is 15.4 Å². The van der Waals surface area contributed by atoms with Crippen LogP contribution in [0.5, 0.6) is 5.75 Å². The van der Waals surface area contributed by atoms with E-state index >= 15 is 0 Å². The highest BCUT2D eigenvalue weighted by Crippen LogP contribution is 2.47. The number of nitrogens with one attached hydrogen (secondary N) is 2. The van der Waals surface area contributed by atoms with Crippen molar-refractivity contribution < 1.29 is 9.13 Å². The van der Waals surface area contributed by atoms with E-state index in [-0.39, 0.29) is 41.0 Å². The fraction of sp³-hybridized carbons (Fsp3) is 0.350. The zero-order valence-electron chi connectivity index (χ0n) is 15.1. The molecule has 0 unspecified atom stereocenters. The number of nitrogens with zero attached hydrogens (tertiary/aromatic N) is 1. The number of guanidine groups is 1. The molecular weight excluding hydrogens is 444 g/mol. The molecule has 26 heavy (non-hydrogen) atoms. The largest absolute Gasteiger partial charge is 0.494 e. The molecule has 3 rings (SSSR count). The van der Waals surface area contributed by atoms with E-state index < -0.39 is 0 Å². The van der Waals surface area contributed by atoms with E-state index in [1.165, 1.54) is 31.6 Å². The van der Waals surface area contributed by atoms with Gasteiger partial charge in [-0.2, -0.15) is 0 Å². The number of aliphatic imine (C=N–C) groups is 1. The molecular formula is C20H25FIN3O. The van der Waals surface area contributed by atoms with Crippen LogP contribution in [0.3, 0.4) is 0 Å². The van der Waals surface area contributed by atoms with Crippen LogP contribution < -0.4 is 15.4 Å². The molecule has 0 amide bonds. The predicted octanol–water partition coefficient (Wildman–Crippen LogP) is 3.85. The zero-order chi connectivity index (χ0) is 17.7. The highest BCUT2D eigenvalue weighted by molar-refractivity contribution is 14.0. The minimum atomic E-state index is -0.356. The number of benzene rings is 2. The molecule has 4 nitrogen and oxygen atoms in total. The molecule has 0 saturated heterocycles.